The van der Waals surface area contributed by atoms with E-state index >= 15 is 0 Å². The van der Waals surface area contributed by atoms with Gasteiger partial charge in [-0.2, -0.15) is 4.99 Å². The van der Waals surface area contributed by atoms with Gasteiger partial charge in [0, 0.05) is 24.1 Å². The lowest BCUT2D eigenvalue weighted by Crippen LogP contribution is -2.33. The van der Waals surface area contributed by atoms with Gasteiger partial charge in [0.05, 0.1) is 0 Å². The van der Waals surface area contributed by atoms with Crippen molar-refractivity contribution < 1.29 is 0 Å². The van der Waals surface area contributed by atoms with E-state index < -0.39 is 0 Å². The zero-order chi connectivity index (χ0) is 13.8. The summed E-state index contributed by atoms with van der Waals surface area (Å²) in [6.45, 7) is 3.82. The summed E-state index contributed by atoms with van der Waals surface area (Å²) in [7, 11) is 1.86. The molecule has 0 saturated heterocycles. The van der Waals surface area contributed by atoms with Gasteiger partial charge in [0.25, 0.3) is 5.95 Å². The van der Waals surface area contributed by atoms with E-state index in [0.29, 0.717) is 11.9 Å². The zero-order valence-electron chi connectivity index (χ0n) is 11.3. The molecule has 2 rings (SSSR count). The van der Waals surface area contributed by atoms with E-state index in [-0.39, 0.29) is 0 Å². The van der Waals surface area contributed by atoms with E-state index in [1.165, 1.54) is 0 Å². The van der Waals surface area contributed by atoms with Gasteiger partial charge in [0.15, 0.2) is 0 Å². The normalized spacial score (nSPS) is 11.4. The molecule has 0 aliphatic carbocycles. The molecule has 1 heterocycles. The number of aryl methyl sites for hydroxylation is 2. The van der Waals surface area contributed by atoms with Crippen molar-refractivity contribution in [3.63, 3.8) is 0 Å². The quantitative estimate of drug-likeness (QED) is 0.659. The summed E-state index contributed by atoms with van der Waals surface area (Å²) in [5.74, 6) is 0.744. The Morgan fingerprint density at radius 1 is 1.11 bits per heavy atom. The fraction of sp³-hybridized carbons (Fsp3) is 0.214. The van der Waals surface area contributed by atoms with Crippen molar-refractivity contribution in [3.05, 3.63) is 47.8 Å². The predicted octanol–water partition coefficient (Wildman–Crippen LogP) is 2.18. The third kappa shape index (κ3) is 3.28. The van der Waals surface area contributed by atoms with Crippen molar-refractivity contribution in [2.24, 2.45) is 10.7 Å². The number of rotatable bonds is 2. The van der Waals surface area contributed by atoms with Crippen LogP contribution < -0.4 is 10.6 Å². The van der Waals surface area contributed by atoms with Gasteiger partial charge in [-0.25, -0.2) is 9.97 Å². The number of nitrogens with two attached hydrogens (primary N) is 1. The fourth-order valence-corrected chi connectivity index (χ4v) is 1.72. The number of hydrogen-bond donors (Lipinski definition) is 1. The average Bonchev–Trinajstić information content (AvgIpc) is 2.37. The molecular formula is C14H17N5. The Balaban J connectivity index is 2.28. The van der Waals surface area contributed by atoms with Gasteiger partial charge in [-0.15, -0.1) is 0 Å². The highest BCUT2D eigenvalue weighted by Crippen LogP contribution is 2.12. The van der Waals surface area contributed by atoms with E-state index in [0.717, 1.165) is 17.1 Å². The topological polar surface area (TPSA) is 67.4 Å². The second kappa shape index (κ2) is 5.48. The van der Waals surface area contributed by atoms with Crippen LogP contribution in [0.25, 0.3) is 0 Å². The Morgan fingerprint density at radius 2 is 1.68 bits per heavy atom. The molecule has 0 unspecified atom stereocenters. The smallest absolute Gasteiger partial charge is 0.253 e. The summed E-state index contributed by atoms with van der Waals surface area (Å²) in [6, 6.07) is 11.7. The Hall–Kier alpha value is -2.43. The van der Waals surface area contributed by atoms with Crippen molar-refractivity contribution in [1.29, 1.82) is 0 Å². The first-order chi connectivity index (χ1) is 9.06. The van der Waals surface area contributed by atoms with Crippen LogP contribution in [0.3, 0.4) is 0 Å². The van der Waals surface area contributed by atoms with Crippen molar-refractivity contribution in [2.45, 2.75) is 13.8 Å². The molecule has 5 nitrogen and oxygen atoms in total. The first-order valence-electron chi connectivity index (χ1n) is 6.01. The highest BCUT2D eigenvalue weighted by molar-refractivity contribution is 5.95. The molecule has 0 radical (unpaired) electrons. The van der Waals surface area contributed by atoms with Crippen molar-refractivity contribution in [1.82, 2.24) is 9.97 Å². The highest BCUT2D eigenvalue weighted by Gasteiger charge is 2.06. The van der Waals surface area contributed by atoms with Gasteiger partial charge < -0.3 is 10.6 Å². The third-order valence-electron chi connectivity index (χ3n) is 2.67. The number of para-hydroxylation sites is 1. The molecule has 0 aliphatic rings. The minimum Gasteiger partial charge on any atom is -0.369 e. The fourth-order valence-electron chi connectivity index (χ4n) is 1.72. The lowest BCUT2D eigenvalue weighted by Gasteiger charge is -2.17. The second-order valence-corrected chi connectivity index (χ2v) is 4.32. The number of anilines is 1. The minimum atomic E-state index is 0.358. The maximum Gasteiger partial charge on any atom is 0.253 e. The van der Waals surface area contributed by atoms with Crippen molar-refractivity contribution >= 4 is 17.6 Å². The van der Waals surface area contributed by atoms with E-state index in [4.69, 9.17) is 5.73 Å². The molecule has 1 aromatic carbocycles. The van der Waals surface area contributed by atoms with Gasteiger partial charge in [-0.3, -0.25) is 0 Å². The third-order valence-corrected chi connectivity index (χ3v) is 2.67. The molecule has 1 aromatic heterocycles. The molecule has 0 saturated carbocycles. The molecule has 0 bridgehead atoms. The molecule has 2 N–H and O–H groups in total. The van der Waals surface area contributed by atoms with Crippen molar-refractivity contribution in [2.75, 3.05) is 11.9 Å². The van der Waals surface area contributed by atoms with Gasteiger partial charge in [-0.1, -0.05) is 18.2 Å². The second-order valence-electron chi connectivity index (χ2n) is 4.32. The SMILES string of the molecule is Cc1cc(C)nc(/N=C(\N)N(C)c2ccccc2)n1. The zero-order valence-corrected chi connectivity index (χ0v) is 11.3. The van der Waals surface area contributed by atoms with Gasteiger partial charge >= 0.3 is 0 Å². The summed E-state index contributed by atoms with van der Waals surface area (Å²) >= 11 is 0. The molecule has 0 fully saturated rings. The molecule has 0 aliphatic heterocycles. The van der Waals surface area contributed by atoms with Crippen molar-refractivity contribution in [3.8, 4) is 0 Å². The Labute approximate surface area is 112 Å². The molecule has 98 valence electrons. The Kier molecular flexibility index (Phi) is 3.75. The van der Waals surface area contributed by atoms with Crippen LogP contribution in [0.15, 0.2) is 41.4 Å². The number of aromatic nitrogens is 2. The summed E-state index contributed by atoms with van der Waals surface area (Å²) in [4.78, 5) is 14.5. The van der Waals surface area contributed by atoms with Crippen LogP contribution in [0.2, 0.25) is 0 Å². The standard InChI is InChI=1S/C14H17N5/c1-10-9-11(2)17-14(16-10)18-13(15)19(3)12-7-5-4-6-8-12/h4-9H,1-3H3,(H2,15,16,17,18). The lowest BCUT2D eigenvalue weighted by atomic mass is 10.3. The van der Waals surface area contributed by atoms with E-state index in [2.05, 4.69) is 15.0 Å². The highest BCUT2D eigenvalue weighted by atomic mass is 15.3. The van der Waals surface area contributed by atoms with Crippen LogP contribution in [0.4, 0.5) is 11.6 Å². The molecule has 0 spiro atoms. The van der Waals surface area contributed by atoms with E-state index in [1.807, 2.05) is 57.3 Å². The van der Waals surface area contributed by atoms with Crippen LogP contribution in [-0.4, -0.2) is 23.0 Å². The number of nitrogens with zero attached hydrogens (tertiary/aromatic N) is 4. The monoisotopic (exact) mass is 255 g/mol. The van der Waals surface area contributed by atoms with Gasteiger partial charge in [0.1, 0.15) is 0 Å². The van der Waals surface area contributed by atoms with Gasteiger partial charge in [0.2, 0.25) is 5.96 Å². The summed E-state index contributed by atoms with van der Waals surface area (Å²) in [5.41, 5.74) is 8.70. The van der Waals surface area contributed by atoms with Crippen LogP contribution in [0, 0.1) is 13.8 Å². The Morgan fingerprint density at radius 3 is 2.26 bits per heavy atom. The molecule has 5 heteroatoms. The maximum absolute atomic E-state index is 5.98. The lowest BCUT2D eigenvalue weighted by molar-refractivity contribution is 1.03. The largest absolute Gasteiger partial charge is 0.369 e. The van der Waals surface area contributed by atoms with E-state index in [9.17, 15) is 0 Å². The van der Waals surface area contributed by atoms with E-state index in [1.54, 1.807) is 4.90 Å². The first-order valence-corrected chi connectivity index (χ1v) is 6.01. The van der Waals surface area contributed by atoms with Crippen LogP contribution in [0.1, 0.15) is 11.4 Å². The summed E-state index contributed by atoms with van der Waals surface area (Å²) < 4.78 is 0. The number of hydrogen-bond acceptors (Lipinski definition) is 3. The first kappa shape index (κ1) is 13.0. The number of aliphatic imine (C=N–C) groups is 1. The summed E-state index contributed by atoms with van der Waals surface area (Å²) in [5, 5.41) is 0. The number of benzene rings is 1. The molecule has 2 aromatic rings. The predicted molar refractivity (Wildman–Crippen MR) is 77.6 cm³/mol. The maximum atomic E-state index is 5.98. The number of guanidine groups is 1. The Bertz CT molecular complexity index is 572. The summed E-state index contributed by atoms with van der Waals surface area (Å²) in [6.07, 6.45) is 0. The van der Waals surface area contributed by atoms with Crippen LogP contribution >= 0.6 is 0 Å². The molecule has 19 heavy (non-hydrogen) atoms. The van der Waals surface area contributed by atoms with Crippen LogP contribution in [0.5, 0.6) is 0 Å². The molecule has 0 atom stereocenters. The minimum absolute atomic E-state index is 0.358. The van der Waals surface area contributed by atoms with Crippen LogP contribution in [-0.2, 0) is 0 Å². The molecule has 0 amide bonds. The van der Waals surface area contributed by atoms with Gasteiger partial charge in [-0.05, 0) is 32.0 Å². The average molecular weight is 255 g/mol. The molecular weight excluding hydrogens is 238 g/mol.